The van der Waals surface area contributed by atoms with Crippen molar-refractivity contribution in [2.45, 2.75) is 45.6 Å². The summed E-state index contributed by atoms with van der Waals surface area (Å²) in [4.78, 5) is 4.54. The average Bonchev–Trinajstić information content (AvgIpc) is 3.10. The van der Waals surface area contributed by atoms with E-state index in [0.29, 0.717) is 18.6 Å². The van der Waals surface area contributed by atoms with Crippen LogP contribution in [0.1, 0.15) is 45.6 Å². The summed E-state index contributed by atoms with van der Waals surface area (Å²) in [7, 11) is 0. The second kappa shape index (κ2) is 5.35. The quantitative estimate of drug-likeness (QED) is 0.871. The number of rotatable bonds is 6. The summed E-state index contributed by atoms with van der Waals surface area (Å²) < 4.78 is 7.98. The van der Waals surface area contributed by atoms with Gasteiger partial charge in [0.2, 0.25) is 5.95 Å². The number of nitrogen functional groups attached to an aromatic ring is 1. The Hall–Kier alpha value is -1.71. The normalized spacial score (nSPS) is 21.3. The van der Waals surface area contributed by atoms with E-state index < -0.39 is 0 Å². The number of fused-ring (bicyclic) bond motifs is 1. The molecule has 0 bridgehead atoms. The lowest BCUT2D eigenvalue weighted by Gasteiger charge is -2.07. The predicted octanol–water partition coefficient (Wildman–Crippen LogP) is 3.77. The lowest BCUT2D eigenvalue weighted by Crippen LogP contribution is -2.02. The van der Waals surface area contributed by atoms with Crippen molar-refractivity contribution in [1.29, 1.82) is 0 Å². The molecule has 4 nitrogen and oxygen atoms in total. The number of nitrogens with zero attached hydrogens (tertiary/aromatic N) is 2. The second-order valence-corrected chi connectivity index (χ2v) is 5.66. The van der Waals surface area contributed by atoms with Gasteiger partial charge < -0.3 is 15.0 Å². The molecule has 1 heterocycles. The summed E-state index contributed by atoms with van der Waals surface area (Å²) in [6.07, 6.45) is 4.73. The van der Waals surface area contributed by atoms with Crippen LogP contribution in [0, 0.1) is 5.92 Å². The fourth-order valence-electron chi connectivity index (χ4n) is 3.02. The minimum Gasteiger partial charge on any atom is -0.491 e. The first-order valence-electron chi connectivity index (χ1n) is 7.65. The van der Waals surface area contributed by atoms with Gasteiger partial charge in [0.25, 0.3) is 0 Å². The Balaban J connectivity index is 1.95. The number of benzene rings is 1. The molecule has 1 fully saturated rings. The molecule has 0 radical (unpaired) electrons. The van der Waals surface area contributed by atoms with Gasteiger partial charge in [-0.2, -0.15) is 0 Å². The zero-order valence-electron chi connectivity index (χ0n) is 12.3. The lowest BCUT2D eigenvalue weighted by molar-refractivity contribution is 0.320. The summed E-state index contributed by atoms with van der Waals surface area (Å²) >= 11 is 0. The van der Waals surface area contributed by atoms with Gasteiger partial charge in [0.05, 0.1) is 12.1 Å². The molecule has 2 N–H and O–H groups in total. The third-order valence-electron chi connectivity index (χ3n) is 4.05. The molecule has 20 heavy (non-hydrogen) atoms. The highest BCUT2D eigenvalue weighted by molar-refractivity contribution is 5.84. The van der Waals surface area contributed by atoms with Crippen molar-refractivity contribution in [2.75, 3.05) is 12.3 Å². The first-order chi connectivity index (χ1) is 9.76. The second-order valence-electron chi connectivity index (χ2n) is 5.66. The Morgan fingerprint density at radius 3 is 2.95 bits per heavy atom. The van der Waals surface area contributed by atoms with Crippen LogP contribution in [0.15, 0.2) is 18.2 Å². The number of nitrogens with two attached hydrogens (primary N) is 1. The molecule has 1 aromatic heterocycles. The van der Waals surface area contributed by atoms with E-state index in [1.807, 2.05) is 12.1 Å². The van der Waals surface area contributed by atoms with Crippen LogP contribution in [-0.2, 0) is 0 Å². The molecule has 3 rings (SSSR count). The maximum atomic E-state index is 6.15. The van der Waals surface area contributed by atoms with Gasteiger partial charge in [0.15, 0.2) is 0 Å². The third kappa shape index (κ3) is 2.23. The first-order valence-corrected chi connectivity index (χ1v) is 7.65. The van der Waals surface area contributed by atoms with Crippen LogP contribution in [0.5, 0.6) is 5.75 Å². The number of anilines is 1. The molecule has 4 heteroatoms. The highest BCUT2D eigenvalue weighted by Gasteiger charge is 2.39. The SMILES string of the molecule is CCCOc1cccc2c1nc(N)n2C1CC1CCC. The zero-order chi connectivity index (χ0) is 14.1. The Labute approximate surface area is 119 Å². The molecule has 0 aliphatic heterocycles. The molecule has 2 atom stereocenters. The smallest absolute Gasteiger partial charge is 0.201 e. The zero-order valence-corrected chi connectivity index (χ0v) is 12.3. The molecule has 1 aromatic carbocycles. The van der Waals surface area contributed by atoms with E-state index in [0.717, 1.165) is 29.1 Å². The average molecular weight is 273 g/mol. The Morgan fingerprint density at radius 2 is 2.20 bits per heavy atom. The van der Waals surface area contributed by atoms with Crippen LogP contribution in [0.2, 0.25) is 0 Å². The number of aromatic nitrogens is 2. The van der Waals surface area contributed by atoms with Crippen LogP contribution in [0.3, 0.4) is 0 Å². The van der Waals surface area contributed by atoms with Crippen LogP contribution < -0.4 is 10.5 Å². The van der Waals surface area contributed by atoms with E-state index in [4.69, 9.17) is 10.5 Å². The van der Waals surface area contributed by atoms with E-state index >= 15 is 0 Å². The van der Waals surface area contributed by atoms with Gasteiger partial charge in [-0.3, -0.25) is 0 Å². The van der Waals surface area contributed by atoms with E-state index in [-0.39, 0.29) is 0 Å². The van der Waals surface area contributed by atoms with Crippen LogP contribution in [0.4, 0.5) is 5.95 Å². The monoisotopic (exact) mass is 273 g/mol. The van der Waals surface area contributed by atoms with Crippen molar-refractivity contribution in [3.8, 4) is 5.75 Å². The van der Waals surface area contributed by atoms with Crippen LogP contribution >= 0.6 is 0 Å². The number of ether oxygens (including phenoxy) is 1. The standard InChI is InChI=1S/C16H23N3O/c1-3-6-11-10-13(11)19-12-7-5-8-14(20-9-4-2)15(12)18-16(19)17/h5,7-8,11,13H,3-4,6,9-10H2,1-2H3,(H2,17,18). The van der Waals surface area contributed by atoms with E-state index in [2.05, 4.69) is 29.5 Å². The van der Waals surface area contributed by atoms with E-state index in [9.17, 15) is 0 Å². The highest BCUT2D eigenvalue weighted by Crippen LogP contribution is 2.49. The van der Waals surface area contributed by atoms with Gasteiger partial charge in [-0.1, -0.05) is 26.3 Å². The molecule has 0 spiro atoms. The molecular weight excluding hydrogens is 250 g/mol. The number of hydrogen-bond donors (Lipinski definition) is 1. The van der Waals surface area contributed by atoms with Gasteiger partial charge in [0, 0.05) is 6.04 Å². The van der Waals surface area contributed by atoms with Gasteiger partial charge in [-0.05, 0) is 37.3 Å². The van der Waals surface area contributed by atoms with Crippen LogP contribution in [0.25, 0.3) is 11.0 Å². The molecule has 0 amide bonds. The molecular formula is C16H23N3O. The molecule has 1 aliphatic carbocycles. The predicted molar refractivity (Wildman–Crippen MR) is 82.0 cm³/mol. The van der Waals surface area contributed by atoms with Crippen molar-refractivity contribution in [3.05, 3.63) is 18.2 Å². The molecule has 1 saturated carbocycles. The van der Waals surface area contributed by atoms with Crippen molar-refractivity contribution < 1.29 is 4.74 Å². The van der Waals surface area contributed by atoms with E-state index in [1.165, 1.54) is 19.3 Å². The van der Waals surface area contributed by atoms with Crippen molar-refractivity contribution >= 4 is 17.0 Å². The van der Waals surface area contributed by atoms with Gasteiger partial charge in [-0.15, -0.1) is 0 Å². The number of hydrogen-bond acceptors (Lipinski definition) is 3. The van der Waals surface area contributed by atoms with Gasteiger partial charge >= 0.3 is 0 Å². The Kier molecular flexibility index (Phi) is 3.55. The van der Waals surface area contributed by atoms with Crippen LogP contribution in [-0.4, -0.2) is 16.2 Å². The Bertz CT molecular complexity index is 605. The van der Waals surface area contributed by atoms with Crippen molar-refractivity contribution in [3.63, 3.8) is 0 Å². The fraction of sp³-hybridized carbons (Fsp3) is 0.562. The number of para-hydroxylation sites is 1. The molecule has 2 unspecified atom stereocenters. The molecule has 1 aliphatic rings. The number of imidazole rings is 1. The maximum absolute atomic E-state index is 6.15. The topological polar surface area (TPSA) is 53.1 Å². The largest absolute Gasteiger partial charge is 0.491 e. The molecule has 2 aromatic rings. The molecule has 108 valence electrons. The summed E-state index contributed by atoms with van der Waals surface area (Å²) in [5.41, 5.74) is 8.16. The third-order valence-corrected chi connectivity index (χ3v) is 4.05. The maximum Gasteiger partial charge on any atom is 0.201 e. The summed E-state index contributed by atoms with van der Waals surface area (Å²) in [6.45, 7) is 5.06. The minimum atomic E-state index is 0.529. The first kappa shape index (κ1) is 13.3. The summed E-state index contributed by atoms with van der Waals surface area (Å²) in [5, 5.41) is 0. The van der Waals surface area contributed by atoms with E-state index in [1.54, 1.807) is 0 Å². The lowest BCUT2D eigenvalue weighted by atomic mass is 10.2. The van der Waals surface area contributed by atoms with Crippen molar-refractivity contribution in [1.82, 2.24) is 9.55 Å². The van der Waals surface area contributed by atoms with Gasteiger partial charge in [0.1, 0.15) is 11.3 Å². The fourth-order valence-corrected chi connectivity index (χ4v) is 3.02. The van der Waals surface area contributed by atoms with Gasteiger partial charge in [-0.25, -0.2) is 4.98 Å². The summed E-state index contributed by atoms with van der Waals surface area (Å²) in [6, 6.07) is 6.63. The van der Waals surface area contributed by atoms with Crippen molar-refractivity contribution in [2.24, 2.45) is 5.92 Å². The summed E-state index contributed by atoms with van der Waals surface area (Å²) in [5.74, 6) is 2.23. The minimum absolute atomic E-state index is 0.529. The Morgan fingerprint density at radius 1 is 1.35 bits per heavy atom. The molecule has 0 saturated heterocycles. The highest BCUT2D eigenvalue weighted by atomic mass is 16.5.